The molecule has 1 atom stereocenters. The molecule has 1 aromatic rings. The van der Waals surface area contributed by atoms with E-state index in [1.165, 1.54) is 11.3 Å². The second-order valence-corrected chi connectivity index (χ2v) is 5.93. The first-order valence-electron chi connectivity index (χ1n) is 4.47. The summed E-state index contributed by atoms with van der Waals surface area (Å²) in [6.07, 6.45) is 4.33. The Morgan fingerprint density at radius 1 is 1.62 bits per heavy atom. The predicted molar refractivity (Wildman–Crippen MR) is 58.5 cm³/mol. The zero-order valence-corrected chi connectivity index (χ0v) is 9.00. The molecule has 2 rings (SSSR count). The number of hydrogen-bond acceptors (Lipinski definition) is 3. The van der Waals surface area contributed by atoms with Crippen LogP contribution in [-0.4, -0.2) is 16.8 Å². The zero-order valence-electron chi connectivity index (χ0n) is 7.36. The number of rotatable bonds is 3. The molecule has 1 unspecified atom stereocenters. The van der Waals surface area contributed by atoms with E-state index in [-0.39, 0.29) is 4.75 Å². The lowest BCUT2D eigenvalue weighted by Crippen LogP contribution is -2.25. The molecule has 0 aliphatic carbocycles. The maximum absolute atomic E-state index is 11.0. The summed E-state index contributed by atoms with van der Waals surface area (Å²) >= 11 is 3.58. The van der Waals surface area contributed by atoms with Crippen molar-refractivity contribution in [2.24, 2.45) is 0 Å². The first kappa shape index (κ1) is 9.28. The summed E-state index contributed by atoms with van der Waals surface area (Å²) in [5.74, 6) is 1.14. The second kappa shape index (κ2) is 3.84. The molecule has 1 aliphatic rings. The molecule has 1 saturated heterocycles. The number of carbonyl (C=O) groups excluding carboxylic acids is 1. The molecule has 0 spiro atoms. The predicted octanol–water partition coefficient (Wildman–Crippen LogP) is 2.76. The molecular weight excluding hydrogens is 200 g/mol. The van der Waals surface area contributed by atoms with Crippen LogP contribution in [0, 0.1) is 0 Å². The molecule has 0 amide bonds. The van der Waals surface area contributed by atoms with E-state index in [0.29, 0.717) is 0 Å². The summed E-state index contributed by atoms with van der Waals surface area (Å²) in [4.78, 5) is 12.4. The Morgan fingerprint density at radius 2 is 2.54 bits per heavy atom. The van der Waals surface area contributed by atoms with E-state index < -0.39 is 0 Å². The van der Waals surface area contributed by atoms with Crippen LogP contribution >= 0.6 is 23.1 Å². The standard InChI is InChI=1S/C10H12OS2/c11-8-10(4-2-6-13-10)7-9-3-1-5-12-9/h1,3,5,8H,2,4,6-7H2. The fraction of sp³-hybridized carbons (Fsp3) is 0.500. The van der Waals surface area contributed by atoms with Gasteiger partial charge >= 0.3 is 0 Å². The Kier molecular flexibility index (Phi) is 2.74. The van der Waals surface area contributed by atoms with Gasteiger partial charge in [-0.1, -0.05) is 6.07 Å². The molecule has 0 bridgehead atoms. The van der Waals surface area contributed by atoms with Crippen LogP contribution in [0.25, 0.3) is 0 Å². The minimum Gasteiger partial charge on any atom is -0.302 e. The summed E-state index contributed by atoms with van der Waals surface area (Å²) in [7, 11) is 0. The summed E-state index contributed by atoms with van der Waals surface area (Å²) in [5.41, 5.74) is 0. The lowest BCUT2D eigenvalue weighted by atomic mass is 10.0. The van der Waals surface area contributed by atoms with Crippen LogP contribution < -0.4 is 0 Å². The number of thiophene rings is 1. The molecule has 0 saturated carbocycles. The van der Waals surface area contributed by atoms with Gasteiger partial charge in [-0.15, -0.1) is 23.1 Å². The van der Waals surface area contributed by atoms with Gasteiger partial charge in [-0.05, 0) is 30.0 Å². The summed E-state index contributed by atoms with van der Waals surface area (Å²) in [6, 6.07) is 4.17. The van der Waals surface area contributed by atoms with Gasteiger partial charge < -0.3 is 4.79 Å². The van der Waals surface area contributed by atoms with Crippen molar-refractivity contribution in [3.05, 3.63) is 22.4 Å². The Hall–Kier alpha value is -0.280. The first-order chi connectivity index (χ1) is 6.35. The molecule has 1 nitrogen and oxygen atoms in total. The SMILES string of the molecule is O=CC1(Cc2cccs2)CCCS1. The molecule has 0 aromatic carbocycles. The van der Waals surface area contributed by atoms with Crippen molar-refractivity contribution in [3.8, 4) is 0 Å². The van der Waals surface area contributed by atoms with Gasteiger partial charge in [-0.3, -0.25) is 0 Å². The fourth-order valence-corrected chi connectivity index (χ4v) is 3.93. The fourth-order valence-electron chi connectivity index (χ4n) is 1.70. The van der Waals surface area contributed by atoms with Crippen molar-refractivity contribution in [3.63, 3.8) is 0 Å². The number of aldehydes is 1. The number of hydrogen-bond donors (Lipinski definition) is 0. The lowest BCUT2D eigenvalue weighted by Gasteiger charge is -2.19. The highest BCUT2D eigenvalue weighted by Gasteiger charge is 2.34. The topological polar surface area (TPSA) is 17.1 Å². The maximum Gasteiger partial charge on any atom is 0.136 e. The summed E-state index contributed by atoms with van der Waals surface area (Å²) < 4.78 is -0.0924. The van der Waals surface area contributed by atoms with Gasteiger partial charge in [0.25, 0.3) is 0 Å². The van der Waals surface area contributed by atoms with Crippen LogP contribution in [0.3, 0.4) is 0 Å². The van der Waals surface area contributed by atoms with Gasteiger partial charge in [-0.2, -0.15) is 0 Å². The van der Waals surface area contributed by atoms with Crippen molar-refractivity contribution in [1.29, 1.82) is 0 Å². The Morgan fingerprint density at radius 3 is 3.08 bits per heavy atom. The van der Waals surface area contributed by atoms with E-state index in [1.807, 2.05) is 11.8 Å². The van der Waals surface area contributed by atoms with E-state index in [9.17, 15) is 4.79 Å². The lowest BCUT2D eigenvalue weighted by molar-refractivity contribution is -0.109. The van der Waals surface area contributed by atoms with E-state index in [0.717, 1.165) is 24.9 Å². The molecular formula is C10H12OS2. The quantitative estimate of drug-likeness (QED) is 0.717. The normalized spacial score (nSPS) is 27.7. The molecule has 3 heteroatoms. The van der Waals surface area contributed by atoms with Crippen LogP contribution in [0.1, 0.15) is 17.7 Å². The van der Waals surface area contributed by atoms with Crippen molar-refractivity contribution in [2.75, 3.05) is 5.75 Å². The van der Waals surface area contributed by atoms with Gasteiger partial charge in [-0.25, -0.2) is 0 Å². The Balaban J connectivity index is 2.10. The monoisotopic (exact) mass is 212 g/mol. The molecule has 2 heterocycles. The van der Waals surface area contributed by atoms with Crippen LogP contribution in [-0.2, 0) is 11.2 Å². The van der Waals surface area contributed by atoms with Crippen molar-refractivity contribution in [1.82, 2.24) is 0 Å². The number of carbonyl (C=O) groups is 1. The van der Waals surface area contributed by atoms with E-state index >= 15 is 0 Å². The van der Waals surface area contributed by atoms with Gasteiger partial charge in [0.05, 0.1) is 4.75 Å². The maximum atomic E-state index is 11.0. The van der Waals surface area contributed by atoms with Crippen LogP contribution in [0.5, 0.6) is 0 Å². The highest BCUT2D eigenvalue weighted by molar-refractivity contribution is 8.01. The first-order valence-corrected chi connectivity index (χ1v) is 6.34. The third-order valence-corrected chi connectivity index (χ3v) is 4.79. The largest absolute Gasteiger partial charge is 0.302 e. The molecule has 13 heavy (non-hydrogen) atoms. The van der Waals surface area contributed by atoms with Gasteiger partial charge in [0.2, 0.25) is 0 Å². The van der Waals surface area contributed by atoms with E-state index in [2.05, 4.69) is 17.5 Å². The zero-order chi connectivity index (χ0) is 9.15. The molecule has 1 aromatic heterocycles. The Bertz CT molecular complexity index is 273. The summed E-state index contributed by atoms with van der Waals surface area (Å²) in [5, 5.41) is 2.08. The third kappa shape index (κ3) is 1.97. The van der Waals surface area contributed by atoms with Gasteiger partial charge in [0, 0.05) is 11.3 Å². The Labute approximate surface area is 86.5 Å². The average Bonchev–Trinajstić information content (AvgIpc) is 2.77. The van der Waals surface area contributed by atoms with E-state index in [4.69, 9.17) is 0 Å². The molecule has 70 valence electrons. The van der Waals surface area contributed by atoms with Crippen LogP contribution in [0.4, 0.5) is 0 Å². The molecule has 1 fully saturated rings. The molecule has 0 radical (unpaired) electrons. The highest BCUT2D eigenvalue weighted by Crippen LogP contribution is 2.39. The smallest absolute Gasteiger partial charge is 0.136 e. The minimum absolute atomic E-state index is 0.0924. The number of thioether (sulfide) groups is 1. The van der Waals surface area contributed by atoms with Gasteiger partial charge in [0.15, 0.2) is 0 Å². The highest BCUT2D eigenvalue weighted by atomic mass is 32.2. The van der Waals surface area contributed by atoms with E-state index in [1.54, 1.807) is 11.3 Å². The van der Waals surface area contributed by atoms with Gasteiger partial charge in [0.1, 0.15) is 6.29 Å². The third-order valence-electron chi connectivity index (χ3n) is 2.40. The van der Waals surface area contributed by atoms with Crippen LogP contribution in [0.15, 0.2) is 17.5 Å². The van der Waals surface area contributed by atoms with Crippen molar-refractivity contribution < 1.29 is 4.79 Å². The summed E-state index contributed by atoms with van der Waals surface area (Å²) in [6.45, 7) is 0. The second-order valence-electron chi connectivity index (χ2n) is 3.39. The van der Waals surface area contributed by atoms with Crippen molar-refractivity contribution in [2.45, 2.75) is 24.0 Å². The molecule has 0 N–H and O–H groups in total. The average molecular weight is 212 g/mol. The minimum atomic E-state index is -0.0924. The van der Waals surface area contributed by atoms with Crippen LogP contribution in [0.2, 0.25) is 0 Å². The van der Waals surface area contributed by atoms with Crippen molar-refractivity contribution >= 4 is 29.4 Å². The molecule has 1 aliphatic heterocycles.